The number of imidazole rings is 1. The first kappa shape index (κ1) is 20.0. The lowest BCUT2D eigenvalue weighted by Gasteiger charge is -2.32. The number of benzene rings is 1. The minimum atomic E-state index is -0.942. The van der Waals surface area contributed by atoms with Gasteiger partial charge in [-0.2, -0.15) is 0 Å². The second-order valence-corrected chi connectivity index (χ2v) is 7.76. The van der Waals surface area contributed by atoms with E-state index in [2.05, 4.69) is 4.98 Å². The van der Waals surface area contributed by atoms with Crippen LogP contribution in [0.3, 0.4) is 0 Å². The first-order valence-electron chi connectivity index (χ1n) is 8.97. The predicted octanol–water partition coefficient (Wildman–Crippen LogP) is 2.70. The fraction of sp³-hybridized carbons (Fsp3) is 0.526. The molecule has 0 aliphatic carbocycles. The summed E-state index contributed by atoms with van der Waals surface area (Å²) < 4.78 is 48.0. The van der Waals surface area contributed by atoms with Gasteiger partial charge in [0, 0.05) is 37.9 Å². The van der Waals surface area contributed by atoms with Gasteiger partial charge in [-0.3, -0.25) is 0 Å². The average Bonchev–Trinajstić information content (AvgIpc) is 3.10. The number of nitrogens with zero attached hydrogens (tertiary/aromatic N) is 2. The predicted molar refractivity (Wildman–Crippen MR) is 99.0 cm³/mol. The van der Waals surface area contributed by atoms with Crippen molar-refractivity contribution in [1.29, 1.82) is 0 Å². The van der Waals surface area contributed by atoms with Crippen LogP contribution in [0.4, 0.5) is 8.78 Å². The average molecular weight is 378 g/mol. The van der Waals surface area contributed by atoms with Gasteiger partial charge in [0.2, 0.25) is 0 Å². The van der Waals surface area contributed by atoms with Crippen molar-refractivity contribution in [2.45, 2.75) is 51.9 Å². The van der Waals surface area contributed by atoms with Crippen molar-refractivity contribution in [2.24, 2.45) is 0 Å². The van der Waals surface area contributed by atoms with Crippen LogP contribution in [-0.4, -0.2) is 41.6 Å². The van der Waals surface area contributed by atoms with Crippen LogP contribution in [0.2, 0.25) is 0 Å². The molecule has 2 heterocycles. The summed E-state index contributed by atoms with van der Waals surface area (Å²) in [7, 11) is 0.669. The topological polar surface area (TPSA) is 45.5 Å². The third-order valence-electron chi connectivity index (χ3n) is 5.36. The van der Waals surface area contributed by atoms with Gasteiger partial charge in [0.25, 0.3) is 0 Å². The van der Waals surface area contributed by atoms with Crippen molar-refractivity contribution in [1.82, 2.24) is 9.55 Å². The lowest BCUT2D eigenvalue weighted by molar-refractivity contribution is 0.00578. The molecular weight excluding hydrogens is 353 g/mol. The molecule has 0 amide bonds. The summed E-state index contributed by atoms with van der Waals surface area (Å²) in [5.41, 5.74) is -0.938. The van der Waals surface area contributed by atoms with Gasteiger partial charge in [0.05, 0.1) is 17.8 Å². The van der Waals surface area contributed by atoms with Gasteiger partial charge >= 0.3 is 7.12 Å². The summed E-state index contributed by atoms with van der Waals surface area (Å²) in [5, 5.41) is 0. The molecule has 1 aromatic carbocycles. The highest BCUT2D eigenvalue weighted by Gasteiger charge is 2.52. The van der Waals surface area contributed by atoms with E-state index >= 15 is 0 Å². The summed E-state index contributed by atoms with van der Waals surface area (Å²) in [6, 6.07) is 2.36. The first-order chi connectivity index (χ1) is 12.6. The highest BCUT2D eigenvalue weighted by atomic mass is 19.1. The number of methoxy groups -OCH3 is 1. The zero-order valence-electron chi connectivity index (χ0n) is 16.4. The number of ether oxygens (including phenoxy) is 1. The highest BCUT2D eigenvalue weighted by Crippen LogP contribution is 2.36. The molecule has 2 aromatic rings. The van der Waals surface area contributed by atoms with Gasteiger partial charge in [-0.1, -0.05) is 0 Å². The molecule has 0 saturated carbocycles. The quantitative estimate of drug-likeness (QED) is 0.726. The fourth-order valence-electron chi connectivity index (χ4n) is 2.96. The Bertz CT molecular complexity index is 807. The van der Waals surface area contributed by atoms with Crippen LogP contribution in [0.15, 0.2) is 24.5 Å². The molecule has 1 aliphatic heterocycles. The minimum Gasteiger partial charge on any atom is -0.399 e. The molecule has 146 valence electrons. The van der Waals surface area contributed by atoms with Crippen LogP contribution >= 0.6 is 0 Å². The van der Waals surface area contributed by atoms with Gasteiger partial charge in [0.1, 0.15) is 17.5 Å². The molecule has 1 saturated heterocycles. The Morgan fingerprint density at radius 1 is 1.11 bits per heavy atom. The Morgan fingerprint density at radius 3 is 2.41 bits per heavy atom. The van der Waals surface area contributed by atoms with Gasteiger partial charge < -0.3 is 18.6 Å². The van der Waals surface area contributed by atoms with Crippen LogP contribution in [-0.2, 0) is 27.0 Å². The van der Waals surface area contributed by atoms with Crippen LogP contribution in [0.1, 0.15) is 39.1 Å². The molecule has 3 rings (SSSR count). The van der Waals surface area contributed by atoms with E-state index in [1.165, 1.54) is 6.07 Å². The van der Waals surface area contributed by atoms with Crippen LogP contribution in [0, 0.1) is 11.6 Å². The van der Waals surface area contributed by atoms with E-state index in [0.717, 1.165) is 6.07 Å². The Kier molecular flexibility index (Phi) is 5.43. The number of hydrogen-bond acceptors (Lipinski definition) is 4. The molecule has 8 heteroatoms. The minimum absolute atomic E-state index is 0.0672. The van der Waals surface area contributed by atoms with Gasteiger partial charge in [0.15, 0.2) is 0 Å². The van der Waals surface area contributed by atoms with Crippen LogP contribution < -0.4 is 5.46 Å². The zero-order chi connectivity index (χ0) is 19.8. The summed E-state index contributed by atoms with van der Waals surface area (Å²) in [5.74, 6) is -0.420. The van der Waals surface area contributed by atoms with E-state index in [4.69, 9.17) is 14.0 Å². The Balaban J connectivity index is 1.83. The Hall–Kier alpha value is -1.77. The Morgan fingerprint density at radius 2 is 1.78 bits per heavy atom. The van der Waals surface area contributed by atoms with Crippen molar-refractivity contribution in [3.05, 3.63) is 47.5 Å². The van der Waals surface area contributed by atoms with Crippen molar-refractivity contribution >= 4 is 12.6 Å². The molecule has 1 fully saturated rings. The SMILES string of the molecule is COCCn1ccnc1Cc1cc(F)c(B2OC(C)(C)C(C)(C)O2)cc1F. The van der Waals surface area contributed by atoms with Gasteiger partial charge in [-0.15, -0.1) is 0 Å². The molecule has 1 aromatic heterocycles. The Labute approximate surface area is 158 Å². The van der Waals surface area contributed by atoms with Crippen molar-refractivity contribution in [3.8, 4) is 0 Å². The van der Waals surface area contributed by atoms with Crippen molar-refractivity contribution in [3.63, 3.8) is 0 Å². The first-order valence-corrected chi connectivity index (χ1v) is 8.97. The third-order valence-corrected chi connectivity index (χ3v) is 5.36. The molecule has 0 atom stereocenters. The molecule has 0 spiro atoms. The lowest BCUT2D eigenvalue weighted by Crippen LogP contribution is -2.41. The van der Waals surface area contributed by atoms with E-state index in [1.54, 1.807) is 19.5 Å². The fourth-order valence-corrected chi connectivity index (χ4v) is 2.96. The molecular formula is C19H25BF2N2O3. The van der Waals surface area contributed by atoms with Crippen LogP contribution in [0.25, 0.3) is 0 Å². The maximum absolute atomic E-state index is 14.7. The van der Waals surface area contributed by atoms with E-state index < -0.39 is 30.0 Å². The molecule has 0 unspecified atom stereocenters. The van der Waals surface area contributed by atoms with E-state index in [1.807, 2.05) is 32.3 Å². The molecule has 0 bridgehead atoms. The van der Waals surface area contributed by atoms with Crippen molar-refractivity contribution in [2.75, 3.05) is 13.7 Å². The standard InChI is InChI=1S/C19H25BF2N2O3/c1-18(2)19(3,4)27-20(26-18)14-12-15(21)13(10-16(14)22)11-17-23-6-7-24(17)8-9-25-5/h6-7,10,12H,8-9,11H2,1-5H3. The second-order valence-electron chi connectivity index (χ2n) is 7.76. The number of rotatable bonds is 6. The second kappa shape index (κ2) is 7.33. The van der Waals surface area contributed by atoms with Gasteiger partial charge in [-0.25, -0.2) is 13.8 Å². The maximum atomic E-state index is 14.7. The molecule has 0 radical (unpaired) electrons. The summed E-state index contributed by atoms with van der Waals surface area (Å²) in [6.45, 7) is 8.60. The van der Waals surface area contributed by atoms with Crippen molar-refractivity contribution < 1.29 is 22.8 Å². The summed E-state index contributed by atoms with van der Waals surface area (Å²) in [4.78, 5) is 4.24. The van der Waals surface area contributed by atoms with E-state index in [0.29, 0.717) is 19.0 Å². The maximum Gasteiger partial charge on any atom is 0.497 e. The molecule has 1 aliphatic rings. The van der Waals surface area contributed by atoms with E-state index in [9.17, 15) is 8.78 Å². The van der Waals surface area contributed by atoms with Crippen LogP contribution in [0.5, 0.6) is 0 Å². The monoisotopic (exact) mass is 378 g/mol. The largest absolute Gasteiger partial charge is 0.497 e. The molecule has 5 nitrogen and oxygen atoms in total. The number of halogens is 2. The summed E-state index contributed by atoms with van der Waals surface area (Å²) in [6.07, 6.45) is 3.61. The number of aromatic nitrogens is 2. The third kappa shape index (κ3) is 3.93. The highest BCUT2D eigenvalue weighted by molar-refractivity contribution is 6.62. The summed E-state index contributed by atoms with van der Waals surface area (Å²) >= 11 is 0. The normalized spacial score (nSPS) is 18.3. The molecule has 27 heavy (non-hydrogen) atoms. The number of hydrogen-bond donors (Lipinski definition) is 0. The zero-order valence-corrected chi connectivity index (χ0v) is 16.4. The van der Waals surface area contributed by atoms with E-state index in [-0.39, 0.29) is 17.4 Å². The smallest absolute Gasteiger partial charge is 0.399 e. The van der Waals surface area contributed by atoms with Gasteiger partial charge in [-0.05, 0) is 45.4 Å². The lowest BCUT2D eigenvalue weighted by atomic mass is 9.78. The molecule has 0 N–H and O–H groups in total.